The number of carbonyl (C=O) groups excluding carboxylic acids is 1. The number of methoxy groups -OCH3 is 1. The van der Waals surface area contributed by atoms with Crippen LogP contribution in [-0.4, -0.2) is 47.3 Å². The Bertz CT molecular complexity index is 670. The minimum absolute atomic E-state index is 0.0925. The molecular weight excluding hydrogens is 320 g/mol. The number of nitrogens with zero attached hydrogens (tertiary/aromatic N) is 2. The Balaban J connectivity index is 2.12. The van der Waals surface area contributed by atoms with Crippen molar-refractivity contribution in [3.05, 3.63) is 36.4 Å². The first kappa shape index (κ1) is 19.0. The number of aliphatic hydroxyl groups excluding tert-OH is 1. The second-order valence-corrected chi connectivity index (χ2v) is 6.08. The van der Waals surface area contributed by atoms with Crippen LogP contribution in [0, 0.1) is 0 Å². The summed E-state index contributed by atoms with van der Waals surface area (Å²) in [5, 5.41) is 19.5. The Morgan fingerprint density at radius 3 is 2.64 bits per heavy atom. The molecule has 2 amide bonds. The molecule has 0 bridgehead atoms. The van der Waals surface area contributed by atoms with Gasteiger partial charge in [0.05, 0.1) is 18.3 Å². The van der Waals surface area contributed by atoms with Crippen molar-refractivity contribution in [3.63, 3.8) is 0 Å². The van der Waals surface area contributed by atoms with Crippen LogP contribution < -0.4 is 10.6 Å². The Hall–Kier alpha value is -2.38. The van der Waals surface area contributed by atoms with Gasteiger partial charge in [-0.25, -0.2) is 9.48 Å². The standard InChI is InChI=1S/C18H26N4O3/c1-13(2)22-17(11-16(21-22)14-7-5-4-6-8-14)20-18(24)19-15(12-23)9-10-25-3/h4-8,11,13,15,23H,9-10,12H2,1-3H3,(H2,19,20,24). The third kappa shape index (κ3) is 5.30. The zero-order valence-corrected chi connectivity index (χ0v) is 14.9. The number of ether oxygens (including phenoxy) is 1. The average Bonchev–Trinajstić information content (AvgIpc) is 3.03. The van der Waals surface area contributed by atoms with Gasteiger partial charge in [0, 0.05) is 31.4 Å². The molecule has 1 aromatic carbocycles. The number of hydrogen-bond acceptors (Lipinski definition) is 4. The van der Waals surface area contributed by atoms with Crippen molar-refractivity contribution in [1.29, 1.82) is 0 Å². The molecule has 1 aromatic heterocycles. The zero-order chi connectivity index (χ0) is 18.2. The summed E-state index contributed by atoms with van der Waals surface area (Å²) in [7, 11) is 1.58. The van der Waals surface area contributed by atoms with Gasteiger partial charge in [0.2, 0.25) is 0 Å². The van der Waals surface area contributed by atoms with Crippen LogP contribution in [0.4, 0.5) is 10.6 Å². The van der Waals surface area contributed by atoms with Gasteiger partial charge in [-0.05, 0) is 20.3 Å². The third-order valence-corrected chi connectivity index (χ3v) is 3.76. The number of amides is 2. The van der Waals surface area contributed by atoms with Gasteiger partial charge in [-0.2, -0.15) is 5.10 Å². The number of carbonyl (C=O) groups is 1. The van der Waals surface area contributed by atoms with E-state index >= 15 is 0 Å². The molecular formula is C18H26N4O3. The van der Waals surface area contributed by atoms with E-state index in [1.54, 1.807) is 11.8 Å². The number of rotatable bonds is 8. The predicted octanol–water partition coefficient (Wildman–Crippen LogP) is 2.65. The molecule has 7 heteroatoms. The van der Waals surface area contributed by atoms with Crippen LogP contribution >= 0.6 is 0 Å². The van der Waals surface area contributed by atoms with E-state index < -0.39 is 0 Å². The summed E-state index contributed by atoms with van der Waals surface area (Å²) < 4.78 is 6.75. The minimum Gasteiger partial charge on any atom is -0.394 e. The fourth-order valence-corrected chi connectivity index (χ4v) is 2.44. The van der Waals surface area contributed by atoms with Gasteiger partial charge in [0.15, 0.2) is 0 Å². The van der Waals surface area contributed by atoms with E-state index in [9.17, 15) is 9.90 Å². The van der Waals surface area contributed by atoms with Gasteiger partial charge in [-0.15, -0.1) is 0 Å². The van der Waals surface area contributed by atoms with Crippen molar-refractivity contribution in [2.75, 3.05) is 25.6 Å². The molecule has 0 saturated carbocycles. The summed E-state index contributed by atoms with van der Waals surface area (Å²) >= 11 is 0. The molecule has 0 saturated heterocycles. The molecule has 0 fully saturated rings. The molecule has 2 rings (SSSR count). The van der Waals surface area contributed by atoms with Crippen LogP contribution in [0.15, 0.2) is 36.4 Å². The number of benzene rings is 1. The lowest BCUT2D eigenvalue weighted by Gasteiger charge is -2.17. The van der Waals surface area contributed by atoms with Gasteiger partial charge in [0.1, 0.15) is 5.82 Å². The molecule has 1 unspecified atom stereocenters. The summed E-state index contributed by atoms with van der Waals surface area (Å²) in [6.45, 7) is 4.32. The predicted molar refractivity (Wildman–Crippen MR) is 97.6 cm³/mol. The maximum Gasteiger partial charge on any atom is 0.320 e. The van der Waals surface area contributed by atoms with Crippen LogP contribution in [0.25, 0.3) is 11.3 Å². The summed E-state index contributed by atoms with van der Waals surface area (Å²) in [5.74, 6) is 0.606. The fourth-order valence-electron chi connectivity index (χ4n) is 2.44. The largest absolute Gasteiger partial charge is 0.394 e. The van der Waals surface area contributed by atoms with Crippen LogP contribution in [0.2, 0.25) is 0 Å². The molecule has 0 aliphatic carbocycles. The highest BCUT2D eigenvalue weighted by Crippen LogP contribution is 2.24. The smallest absolute Gasteiger partial charge is 0.320 e. The third-order valence-electron chi connectivity index (χ3n) is 3.76. The van der Waals surface area contributed by atoms with Gasteiger partial charge >= 0.3 is 6.03 Å². The molecule has 0 aliphatic heterocycles. The average molecular weight is 346 g/mol. The maximum atomic E-state index is 12.3. The Morgan fingerprint density at radius 1 is 1.32 bits per heavy atom. The van der Waals surface area contributed by atoms with Gasteiger partial charge in [-0.1, -0.05) is 30.3 Å². The number of urea groups is 1. The van der Waals surface area contributed by atoms with E-state index in [0.717, 1.165) is 11.3 Å². The Morgan fingerprint density at radius 2 is 2.04 bits per heavy atom. The Labute approximate surface area is 148 Å². The molecule has 2 aromatic rings. The SMILES string of the molecule is COCCC(CO)NC(=O)Nc1cc(-c2ccccc2)nn1C(C)C. The molecule has 3 N–H and O–H groups in total. The first-order valence-corrected chi connectivity index (χ1v) is 8.37. The van der Waals surface area contributed by atoms with E-state index in [-0.39, 0.29) is 24.7 Å². The molecule has 7 nitrogen and oxygen atoms in total. The fraction of sp³-hybridized carbons (Fsp3) is 0.444. The van der Waals surface area contributed by atoms with E-state index in [1.165, 1.54) is 0 Å². The summed E-state index contributed by atoms with van der Waals surface area (Å²) in [5.41, 5.74) is 1.78. The monoisotopic (exact) mass is 346 g/mol. The van der Waals surface area contributed by atoms with Crippen molar-refractivity contribution < 1.29 is 14.6 Å². The lowest BCUT2D eigenvalue weighted by molar-refractivity contribution is 0.161. The highest BCUT2D eigenvalue weighted by Gasteiger charge is 2.16. The zero-order valence-electron chi connectivity index (χ0n) is 14.9. The number of nitrogens with one attached hydrogen (secondary N) is 2. The number of aromatic nitrogens is 2. The van der Waals surface area contributed by atoms with Crippen molar-refractivity contribution >= 4 is 11.8 Å². The van der Waals surface area contributed by atoms with E-state index in [1.807, 2.05) is 50.2 Å². The van der Waals surface area contributed by atoms with E-state index in [2.05, 4.69) is 15.7 Å². The molecule has 136 valence electrons. The van der Waals surface area contributed by atoms with Crippen LogP contribution in [0.5, 0.6) is 0 Å². The molecule has 25 heavy (non-hydrogen) atoms. The molecule has 1 atom stereocenters. The molecule has 0 aliphatic rings. The second-order valence-electron chi connectivity index (χ2n) is 6.08. The maximum absolute atomic E-state index is 12.3. The lowest BCUT2D eigenvalue weighted by atomic mass is 10.2. The van der Waals surface area contributed by atoms with Crippen LogP contribution in [0.3, 0.4) is 0 Å². The van der Waals surface area contributed by atoms with Gasteiger partial charge in [-0.3, -0.25) is 5.32 Å². The summed E-state index contributed by atoms with van der Waals surface area (Å²) in [6.07, 6.45) is 0.541. The highest BCUT2D eigenvalue weighted by atomic mass is 16.5. The van der Waals surface area contributed by atoms with Crippen molar-refractivity contribution in [1.82, 2.24) is 15.1 Å². The molecule has 0 spiro atoms. The van der Waals surface area contributed by atoms with Crippen molar-refractivity contribution in [3.8, 4) is 11.3 Å². The summed E-state index contributed by atoms with van der Waals surface area (Å²) in [6, 6.07) is 11.0. The van der Waals surface area contributed by atoms with Gasteiger partial charge < -0.3 is 15.2 Å². The highest BCUT2D eigenvalue weighted by molar-refractivity contribution is 5.89. The van der Waals surface area contributed by atoms with Crippen LogP contribution in [0.1, 0.15) is 26.3 Å². The van der Waals surface area contributed by atoms with Crippen molar-refractivity contribution in [2.24, 2.45) is 0 Å². The normalized spacial score (nSPS) is 12.2. The lowest BCUT2D eigenvalue weighted by Crippen LogP contribution is -2.41. The van der Waals surface area contributed by atoms with Gasteiger partial charge in [0.25, 0.3) is 0 Å². The minimum atomic E-state index is -0.378. The number of anilines is 1. The topological polar surface area (TPSA) is 88.4 Å². The molecule has 1 heterocycles. The van der Waals surface area contributed by atoms with E-state index in [0.29, 0.717) is 18.8 Å². The van der Waals surface area contributed by atoms with Crippen LogP contribution in [-0.2, 0) is 4.74 Å². The second kappa shape index (κ2) is 9.19. The van der Waals surface area contributed by atoms with E-state index in [4.69, 9.17) is 4.74 Å². The Kier molecular flexibility index (Phi) is 6.97. The first-order valence-electron chi connectivity index (χ1n) is 8.37. The number of aliphatic hydroxyl groups is 1. The molecule has 0 radical (unpaired) electrons. The first-order chi connectivity index (χ1) is 12.0. The summed E-state index contributed by atoms with van der Waals surface area (Å²) in [4.78, 5) is 12.3. The number of hydrogen-bond donors (Lipinski definition) is 3. The quantitative estimate of drug-likeness (QED) is 0.686. The van der Waals surface area contributed by atoms with Crippen molar-refractivity contribution in [2.45, 2.75) is 32.4 Å².